The van der Waals surface area contributed by atoms with E-state index in [0.29, 0.717) is 26.1 Å². The van der Waals surface area contributed by atoms with Gasteiger partial charge in [0.15, 0.2) is 0 Å². The number of hydrogen-bond donors (Lipinski definition) is 0. The fourth-order valence-electron chi connectivity index (χ4n) is 6.66. The highest BCUT2D eigenvalue weighted by atomic mass is 16.2. The SMILES string of the molecule is O=C1CC(C(=O)N(CCCN2CCC3(C=Cc4ccccc43)CC2)c2ccccc2)CN1CCc1cccnc1. The molecule has 40 heavy (non-hydrogen) atoms. The second-order valence-corrected chi connectivity index (χ2v) is 11.4. The van der Waals surface area contributed by atoms with Gasteiger partial charge in [0.25, 0.3) is 0 Å². The van der Waals surface area contributed by atoms with Crippen LogP contribution < -0.4 is 4.90 Å². The van der Waals surface area contributed by atoms with E-state index in [1.807, 2.05) is 58.5 Å². The number of para-hydroxylation sites is 1. The Hall–Kier alpha value is -3.77. The third kappa shape index (κ3) is 5.59. The monoisotopic (exact) mass is 534 g/mol. The zero-order valence-corrected chi connectivity index (χ0v) is 23.1. The lowest BCUT2D eigenvalue weighted by molar-refractivity contribution is -0.128. The van der Waals surface area contributed by atoms with E-state index in [1.54, 1.807) is 6.20 Å². The average molecular weight is 535 g/mol. The molecule has 2 amide bonds. The van der Waals surface area contributed by atoms with E-state index >= 15 is 0 Å². The predicted octanol–water partition coefficient (Wildman–Crippen LogP) is 4.96. The highest BCUT2D eigenvalue weighted by molar-refractivity contribution is 5.99. The number of piperidine rings is 1. The van der Waals surface area contributed by atoms with Crippen LogP contribution in [0.25, 0.3) is 6.08 Å². The number of amides is 2. The minimum atomic E-state index is -0.300. The van der Waals surface area contributed by atoms with E-state index in [2.05, 4.69) is 46.3 Å². The van der Waals surface area contributed by atoms with Gasteiger partial charge in [0.1, 0.15) is 0 Å². The summed E-state index contributed by atoms with van der Waals surface area (Å²) in [5, 5.41) is 0. The molecule has 1 aromatic heterocycles. The fourth-order valence-corrected chi connectivity index (χ4v) is 6.66. The lowest BCUT2D eigenvalue weighted by Gasteiger charge is -2.39. The van der Waals surface area contributed by atoms with Crippen molar-refractivity contribution in [3.8, 4) is 0 Å². The number of allylic oxidation sites excluding steroid dienone is 1. The molecule has 3 aromatic rings. The van der Waals surface area contributed by atoms with Crippen molar-refractivity contribution in [1.82, 2.24) is 14.8 Å². The van der Waals surface area contributed by atoms with Gasteiger partial charge in [-0.3, -0.25) is 14.6 Å². The maximum atomic E-state index is 13.8. The van der Waals surface area contributed by atoms with Crippen LogP contribution in [0.1, 0.15) is 42.4 Å². The number of nitrogens with zero attached hydrogens (tertiary/aromatic N) is 4. The fraction of sp³-hybridized carbons (Fsp3) is 0.382. The van der Waals surface area contributed by atoms with Crippen LogP contribution in [-0.2, 0) is 21.4 Å². The molecular weight excluding hydrogens is 496 g/mol. The first-order valence-electron chi connectivity index (χ1n) is 14.7. The van der Waals surface area contributed by atoms with Crippen LogP contribution >= 0.6 is 0 Å². The lowest BCUT2D eigenvalue weighted by Crippen LogP contribution is -2.43. The second kappa shape index (κ2) is 11.8. The van der Waals surface area contributed by atoms with Gasteiger partial charge < -0.3 is 14.7 Å². The minimum Gasteiger partial charge on any atom is -0.342 e. The Balaban J connectivity index is 1.04. The first-order chi connectivity index (χ1) is 19.6. The van der Waals surface area contributed by atoms with Gasteiger partial charge in [-0.25, -0.2) is 0 Å². The molecule has 6 heteroatoms. The molecule has 1 aliphatic carbocycles. The van der Waals surface area contributed by atoms with Gasteiger partial charge in [0.2, 0.25) is 11.8 Å². The van der Waals surface area contributed by atoms with E-state index < -0.39 is 0 Å². The summed E-state index contributed by atoms with van der Waals surface area (Å²) < 4.78 is 0. The Morgan fingerprint density at radius 2 is 1.77 bits per heavy atom. The van der Waals surface area contributed by atoms with Crippen LogP contribution in [0.5, 0.6) is 0 Å². The molecule has 2 aromatic carbocycles. The van der Waals surface area contributed by atoms with Crippen LogP contribution in [-0.4, -0.2) is 65.9 Å². The third-order valence-electron chi connectivity index (χ3n) is 8.97. The Morgan fingerprint density at radius 1 is 0.975 bits per heavy atom. The summed E-state index contributed by atoms with van der Waals surface area (Å²) in [7, 11) is 0. The molecule has 1 unspecified atom stereocenters. The number of hydrogen-bond acceptors (Lipinski definition) is 4. The number of aromatic nitrogens is 1. The first-order valence-corrected chi connectivity index (χ1v) is 14.7. The molecule has 2 fully saturated rings. The third-order valence-corrected chi connectivity index (χ3v) is 8.97. The number of fused-ring (bicyclic) bond motifs is 2. The normalized spacial score (nSPS) is 19.8. The molecule has 6 nitrogen and oxygen atoms in total. The van der Waals surface area contributed by atoms with Crippen LogP contribution in [0.15, 0.2) is 85.2 Å². The Kier molecular flexibility index (Phi) is 7.78. The van der Waals surface area contributed by atoms with E-state index in [1.165, 1.54) is 11.1 Å². The van der Waals surface area contributed by atoms with Crippen molar-refractivity contribution >= 4 is 23.6 Å². The summed E-state index contributed by atoms with van der Waals surface area (Å²) in [5.41, 5.74) is 5.06. The molecule has 0 bridgehead atoms. The average Bonchev–Trinajstić information content (AvgIpc) is 3.56. The molecule has 0 saturated carbocycles. The molecule has 0 radical (unpaired) electrons. The van der Waals surface area contributed by atoms with Crippen molar-refractivity contribution in [2.24, 2.45) is 5.92 Å². The number of carbonyl (C=O) groups is 2. The van der Waals surface area contributed by atoms with Gasteiger partial charge in [0, 0.05) is 49.6 Å². The Labute approximate surface area is 237 Å². The lowest BCUT2D eigenvalue weighted by atomic mass is 9.74. The topological polar surface area (TPSA) is 56.8 Å². The highest BCUT2D eigenvalue weighted by Gasteiger charge is 2.38. The van der Waals surface area contributed by atoms with Crippen LogP contribution in [0.3, 0.4) is 0 Å². The molecule has 6 rings (SSSR count). The number of benzene rings is 2. The van der Waals surface area contributed by atoms with Crippen molar-refractivity contribution < 1.29 is 9.59 Å². The van der Waals surface area contributed by atoms with Gasteiger partial charge >= 0.3 is 0 Å². The zero-order chi connectivity index (χ0) is 27.4. The molecule has 206 valence electrons. The molecule has 2 aliphatic heterocycles. The minimum absolute atomic E-state index is 0.0636. The van der Waals surface area contributed by atoms with Gasteiger partial charge in [0.05, 0.1) is 5.92 Å². The number of pyridine rings is 1. The molecule has 3 heterocycles. The quantitative estimate of drug-likeness (QED) is 0.390. The molecule has 3 aliphatic rings. The molecule has 2 saturated heterocycles. The Morgan fingerprint density at radius 3 is 2.58 bits per heavy atom. The van der Waals surface area contributed by atoms with E-state index in [-0.39, 0.29) is 23.1 Å². The van der Waals surface area contributed by atoms with Crippen LogP contribution in [0, 0.1) is 5.92 Å². The van der Waals surface area contributed by atoms with Crippen LogP contribution in [0.2, 0.25) is 0 Å². The summed E-state index contributed by atoms with van der Waals surface area (Å²) >= 11 is 0. The van der Waals surface area contributed by atoms with E-state index in [4.69, 9.17) is 0 Å². The highest BCUT2D eigenvalue weighted by Crippen LogP contribution is 2.43. The first kappa shape index (κ1) is 26.5. The van der Waals surface area contributed by atoms with Crippen molar-refractivity contribution in [2.45, 2.75) is 37.5 Å². The van der Waals surface area contributed by atoms with Crippen molar-refractivity contribution in [3.63, 3.8) is 0 Å². The molecular formula is C34H38N4O2. The smallest absolute Gasteiger partial charge is 0.232 e. The maximum Gasteiger partial charge on any atom is 0.232 e. The summed E-state index contributed by atoms with van der Waals surface area (Å²) in [4.78, 5) is 37.1. The Bertz CT molecular complexity index is 1350. The van der Waals surface area contributed by atoms with Crippen LogP contribution in [0.4, 0.5) is 5.69 Å². The maximum absolute atomic E-state index is 13.8. The van der Waals surface area contributed by atoms with E-state index in [0.717, 1.165) is 56.6 Å². The zero-order valence-electron chi connectivity index (χ0n) is 23.1. The standard InChI is InChI=1S/C34H38N4O2/c39-32-24-29(26-37(32)21-14-27-8-6-18-35-25-27)33(40)38(30-10-2-1-3-11-30)20-7-19-36-22-16-34(17-23-36)15-13-28-9-4-5-12-31(28)34/h1-6,8-13,15,18,25,29H,7,14,16-17,19-24,26H2. The molecule has 1 atom stereocenters. The van der Waals surface area contributed by atoms with E-state index in [9.17, 15) is 9.59 Å². The largest absolute Gasteiger partial charge is 0.342 e. The molecule has 0 N–H and O–H groups in total. The number of carbonyl (C=O) groups excluding carboxylic acids is 2. The summed E-state index contributed by atoms with van der Waals surface area (Å²) in [6.45, 7) is 4.88. The number of rotatable bonds is 9. The van der Waals surface area contributed by atoms with Gasteiger partial charge in [-0.1, -0.05) is 60.7 Å². The number of anilines is 1. The summed E-state index contributed by atoms with van der Waals surface area (Å²) in [6.07, 6.45) is 12.5. The van der Waals surface area contributed by atoms with Gasteiger partial charge in [-0.2, -0.15) is 0 Å². The van der Waals surface area contributed by atoms with Crippen molar-refractivity contribution in [3.05, 3.63) is 102 Å². The number of likely N-dealkylation sites (tertiary alicyclic amines) is 2. The predicted molar refractivity (Wildman–Crippen MR) is 159 cm³/mol. The summed E-state index contributed by atoms with van der Waals surface area (Å²) in [5.74, 6) is -0.167. The van der Waals surface area contributed by atoms with Crippen molar-refractivity contribution in [1.29, 1.82) is 0 Å². The van der Waals surface area contributed by atoms with Gasteiger partial charge in [-0.05, 0) is 80.2 Å². The summed E-state index contributed by atoms with van der Waals surface area (Å²) in [6, 6.07) is 22.7. The molecule has 1 spiro atoms. The van der Waals surface area contributed by atoms with Gasteiger partial charge in [-0.15, -0.1) is 0 Å². The van der Waals surface area contributed by atoms with Crippen molar-refractivity contribution in [2.75, 3.05) is 44.2 Å². The second-order valence-electron chi connectivity index (χ2n) is 11.4.